The van der Waals surface area contributed by atoms with Gasteiger partial charge >= 0.3 is 0 Å². The Hall–Kier alpha value is -3.17. The molecule has 5 rings (SSSR count). The normalized spacial score (nSPS) is 18.7. The van der Waals surface area contributed by atoms with Crippen molar-refractivity contribution in [2.24, 2.45) is 0 Å². The van der Waals surface area contributed by atoms with Gasteiger partial charge in [0.05, 0.1) is 11.3 Å². The molecule has 9 heteroatoms. The van der Waals surface area contributed by atoms with Gasteiger partial charge in [0.25, 0.3) is 5.91 Å². The van der Waals surface area contributed by atoms with Crippen LogP contribution in [-0.4, -0.2) is 75.4 Å². The van der Waals surface area contributed by atoms with Gasteiger partial charge in [-0.2, -0.15) is 4.98 Å². The van der Waals surface area contributed by atoms with E-state index in [0.717, 1.165) is 68.9 Å². The minimum atomic E-state index is -0.599. The van der Waals surface area contributed by atoms with Crippen LogP contribution in [0.15, 0.2) is 42.6 Å². The van der Waals surface area contributed by atoms with Crippen molar-refractivity contribution >= 4 is 28.9 Å². The van der Waals surface area contributed by atoms with E-state index in [0.29, 0.717) is 11.5 Å². The van der Waals surface area contributed by atoms with E-state index in [1.165, 1.54) is 0 Å². The molecule has 34 heavy (non-hydrogen) atoms. The summed E-state index contributed by atoms with van der Waals surface area (Å²) in [6, 6.07) is 11.8. The topological polar surface area (TPSA) is 98.0 Å². The Labute approximate surface area is 199 Å². The Morgan fingerprint density at radius 1 is 1.18 bits per heavy atom. The van der Waals surface area contributed by atoms with Crippen LogP contribution >= 0.6 is 0 Å². The number of hydrogen-bond donors (Lipinski definition) is 3. The van der Waals surface area contributed by atoms with Gasteiger partial charge in [0.15, 0.2) is 5.65 Å². The van der Waals surface area contributed by atoms with E-state index in [1.54, 1.807) is 4.52 Å². The number of nitrogens with one attached hydrogen (secondary N) is 2. The zero-order valence-corrected chi connectivity index (χ0v) is 19.9. The first-order valence-electron chi connectivity index (χ1n) is 12.1. The first kappa shape index (κ1) is 22.6. The number of amides is 1. The summed E-state index contributed by atoms with van der Waals surface area (Å²) in [5.74, 6) is 0.553. The Morgan fingerprint density at radius 2 is 1.88 bits per heavy atom. The number of piperidine rings is 2. The number of carbonyl (C=O) groups excluding carboxylic acids is 1. The predicted molar refractivity (Wildman–Crippen MR) is 133 cm³/mol. The lowest BCUT2D eigenvalue weighted by Crippen LogP contribution is -2.43. The highest BCUT2D eigenvalue weighted by atomic mass is 16.3. The number of pyridine rings is 1. The lowest BCUT2D eigenvalue weighted by Gasteiger charge is -2.37. The largest absolute Gasteiger partial charge is 0.390 e. The first-order chi connectivity index (χ1) is 16.4. The molecule has 0 bridgehead atoms. The zero-order chi connectivity index (χ0) is 23.7. The van der Waals surface area contributed by atoms with E-state index >= 15 is 0 Å². The molecule has 0 radical (unpaired) electrons. The molecule has 180 valence electrons. The maximum Gasteiger partial charge on any atom is 0.253 e. The van der Waals surface area contributed by atoms with Crippen LogP contribution in [0.25, 0.3) is 5.65 Å². The number of aliphatic hydroxyl groups is 1. The molecule has 0 atom stereocenters. The van der Waals surface area contributed by atoms with E-state index in [4.69, 9.17) is 4.98 Å². The van der Waals surface area contributed by atoms with Crippen LogP contribution in [0.5, 0.6) is 0 Å². The fraction of sp³-hybridized carbons (Fsp3) is 0.480. The summed E-state index contributed by atoms with van der Waals surface area (Å²) >= 11 is 0. The smallest absolute Gasteiger partial charge is 0.253 e. The summed E-state index contributed by atoms with van der Waals surface area (Å²) in [5.41, 5.74) is 2.70. The minimum Gasteiger partial charge on any atom is -0.390 e. The average Bonchev–Trinajstić information content (AvgIpc) is 3.27. The number of anilines is 3. The van der Waals surface area contributed by atoms with Gasteiger partial charge in [-0.05, 0) is 82.1 Å². The minimum absolute atomic E-state index is 0.0504. The Balaban J connectivity index is 1.28. The molecular formula is C25H33N7O2. The van der Waals surface area contributed by atoms with Crippen molar-refractivity contribution in [3.63, 3.8) is 0 Å². The molecule has 2 saturated heterocycles. The standard InChI is InChI=1S/C25H33N7O2/c1-25(34)11-16-31(17-12-25)21-4-3-15-32-22(21)28-24(29-32)27-19-7-5-18(6-8-19)23(33)30(2)20-9-13-26-14-10-20/h3-8,15,20,26,34H,9-14,16-17H2,1-2H3,(H,27,29). The molecule has 9 nitrogen and oxygen atoms in total. The second kappa shape index (κ2) is 9.23. The van der Waals surface area contributed by atoms with Crippen LogP contribution in [0.2, 0.25) is 0 Å². The summed E-state index contributed by atoms with van der Waals surface area (Å²) in [4.78, 5) is 21.7. The fourth-order valence-corrected chi connectivity index (χ4v) is 4.81. The number of aromatic nitrogens is 3. The van der Waals surface area contributed by atoms with Crippen LogP contribution in [0, 0.1) is 0 Å². The second-order valence-electron chi connectivity index (χ2n) is 9.68. The van der Waals surface area contributed by atoms with Crippen molar-refractivity contribution in [2.75, 3.05) is 43.4 Å². The third kappa shape index (κ3) is 4.71. The molecule has 2 aliphatic rings. The summed E-state index contributed by atoms with van der Waals surface area (Å²) in [6.07, 6.45) is 5.31. The Bertz CT molecular complexity index is 1140. The molecule has 2 aromatic heterocycles. The van der Waals surface area contributed by atoms with E-state index in [2.05, 4.69) is 20.6 Å². The number of benzene rings is 1. The predicted octanol–water partition coefficient (Wildman–Crippen LogP) is 2.65. The third-order valence-electron chi connectivity index (χ3n) is 7.09. The molecule has 0 aliphatic carbocycles. The quantitative estimate of drug-likeness (QED) is 0.535. The zero-order valence-electron chi connectivity index (χ0n) is 19.9. The lowest BCUT2D eigenvalue weighted by atomic mass is 9.93. The maximum atomic E-state index is 12.9. The molecule has 3 N–H and O–H groups in total. The molecule has 1 amide bonds. The van der Waals surface area contributed by atoms with E-state index < -0.39 is 5.60 Å². The van der Waals surface area contributed by atoms with Crippen molar-refractivity contribution < 1.29 is 9.90 Å². The summed E-state index contributed by atoms with van der Waals surface area (Å²) in [5, 5.41) is 21.5. The molecule has 2 aliphatic heterocycles. The van der Waals surface area contributed by atoms with Gasteiger partial charge in [-0.15, -0.1) is 5.10 Å². The number of fused-ring (bicyclic) bond motifs is 1. The van der Waals surface area contributed by atoms with Crippen LogP contribution in [0.4, 0.5) is 17.3 Å². The van der Waals surface area contributed by atoms with Crippen molar-refractivity contribution in [3.8, 4) is 0 Å². The van der Waals surface area contributed by atoms with Gasteiger partial charge in [-0.25, -0.2) is 4.52 Å². The SMILES string of the molecule is CN(C(=O)c1ccc(Nc2nc3c(N4CCC(C)(O)CC4)cccn3n2)cc1)C1CCNCC1. The summed E-state index contributed by atoms with van der Waals surface area (Å²) in [7, 11) is 1.89. The van der Waals surface area contributed by atoms with Crippen molar-refractivity contribution in [1.82, 2.24) is 24.8 Å². The maximum absolute atomic E-state index is 12.9. The highest BCUT2D eigenvalue weighted by Gasteiger charge is 2.28. The first-order valence-corrected chi connectivity index (χ1v) is 12.1. The third-order valence-corrected chi connectivity index (χ3v) is 7.09. The van der Waals surface area contributed by atoms with Crippen molar-refractivity contribution in [2.45, 2.75) is 44.2 Å². The molecule has 1 aromatic carbocycles. The van der Waals surface area contributed by atoms with Crippen LogP contribution in [0.3, 0.4) is 0 Å². The van der Waals surface area contributed by atoms with Crippen molar-refractivity contribution in [1.29, 1.82) is 0 Å². The summed E-state index contributed by atoms with van der Waals surface area (Å²) < 4.78 is 1.77. The van der Waals surface area contributed by atoms with Gasteiger partial charge in [0.2, 0.25) is 5.95 Å². The molecular weight excluding hydrogens is 430 g/mol. The molecule has 4 heterocycles. The molecule has 0 spiro atoms. The van der Waals surface area contributed by atoms with Crippen LogP contribution in [0.1, 0.15) is 43.0 Å². The lowest BCUT2D eigenvalue weighted by molar-refractivity contribution is 0.0351. The van der Waals surface area contributed by atoms with Gasteiger partial charge < -0.3 is 25.5 Å². The van der Waals surface area contributed by atoms with Gasteiger partial charge in [-0.1, -0.05) is 0 Å². The number of nitrogens with zero attached hydrogens (tertiary/aromatic N) is 5. The molecule has 3 aromatic rings. The molecule has 2 fully saturated rings. The van der Waals surface area contributed by atoms with Gasteiger partial charge in [0, 0.05) is 43.6 Å². The highest BCUT2D eigenvalue weighted by Crippen LogP contribution is 2.29. The monoisotopic (exact) mass is 463 g/mol. The van der Waals surface area contributed by atoms with E-state index in [9.17, 15) is 9.90 Å². The Kier molecular flexibility index (Phi) is 6.14. The fourth-order valence-electron chi connectivity index (χ4n) is 4.81. The van der Waals surface area contributed by atoms with E-state index in [-0.39, 0.29) is 11.9 Å². The number of hydrogen-bond acceptors (Lipinski definition) is 7. The van der Waals surface area contributed by atoms with Crippen molar-refractivity contribution in [3.05, 3.63) is 48.2 Å². The average molecular weight is 464 g/mol. The molecule has 0 unspecified atom stereocenters. The summed E-state index contributed by atoms with van der Waals surface area (Å²) in [6.45, 7) is 5.37. The van der Waals surface area contributed by atoms with Crippen LogP contribution < -0.4 is 15.5 Å². The Morgan fingerprint density at radius 3 is 2.59 bits per heavy atom. The van der Waals surface area contributed by atoms with Gasteiger partial charge in [0.1, 0.15) is 0 Å². The van der Waals surface area contributed by atoms with E-state index in [1.807, 2.05) is 61.5 Å². The number of carbonyl (C=O) groups is 1. The second-order valence-corrected chi connectivity index (χ2v) is 9.68. The van der Waals surface area contributed by atoms with Crippen LogP contribution in [-0.2, 0) is 0 Å². The molecule has 0 saturated carbocycles. The highest BCUT2D eigenvalue weighted by molar-refractivity contribution is 5.94. The van der Waals surface area contributed by atoms with Gasteiger partial charge in [-0.3, -0.25) is 4.79 Å². The number of rotatable bonds is 5.